The molecule has 0 aromatic carbocycles. The van der Waals surface area contributed by atoms with E-state index >= 15 is 0 Å². The first-order valence-electron chi connectivity index (χ1n) is 6.39. The number of hydrogen-bond donors (Lipinski definition) is 2. The standard InChI is InChI=1S/C12H25N3O/c1-4-15(5-2)9-12(16)14-11-6-7-13-8-10(11)3/h10-11,13H,4-9H2,1-3H3,(H,14,16). The van der Waals surface area contributed by atoms with Crippen LogP contribution in [0.5, 0.6) is 0 Å². The molecule has 1 amide bonds. The van der Waals surface area contributed by atoms with E-state index in [1.165, 1.54) is 0 Å². The minimum Gasteiger partial charge on any atom is -0.352 e. The zero-order valence-electron chi connectivity index (χ0n) is 10.8. The Morgan fingerprint density at radius 2 is 2.12 bits per heavy atom. The highest BCUT2D eigenvalue weighted by molar-refractivity contribution is 5.78. The second-order valence-corrected chi connectivity index (χ2v) is 4.61. The largest absolute Gasteiger partial charge is 0.352 e. The quantitative estimate of drug-likeness (QED) is 0.716. The molecule has 4 heteroatoms. The lowest BCUT2D eigenvalue weighted by atomic mass is 9.95. The van der Waals surface area contributed by atoms with Crippen LogP contribution in [0.4, 0.5) is 0 Å². The molecule has 1 fully saturated rings. The first kappa shape index (κ1) is 13.5. The Hall–Kier alpha value is -0.610. The van der Waals surface area contributed by atoms with Gasteiger partial charge in [0, 0.05) is 6.04 Å². The number of carbonyl (C=O) groups excluding carboxylic acids is 1. The maximum atomic E-state index is 11.8. The number of piperidine rings is 1. The number of carbonyl (C=O) groups is 1. The van der Waals surface area contributed by atoms with Gasteiger partial charge in [-0.05, 0) is 38.5 Å². The summed E-state index contributed by atoms with van der Waals surface area (Å²) in [6, 6.07) is 0.351. The number of nitrogens with one attached hydrogen (secondary N) is 2. The fourth-order valence-electron chi connectivity index (χ4n) is 2.13. The third kappa shape index (κ3) is 4.10. The van der Waals surface area contributed by atoms with Crippen LogP contribution in [0.3, 0.4) is 0 Å². The third-order valence-electron chi connectivity index (χ3n) is 3.39. The molecule has 0 saturated carbocycles. The van der Waals surface area contributed by atoms with Gasteiger partial charge in [0.05, 0.1) is 6.54 Å². The summed E-state index contributed by atoms with van der Waals surface area (Å²) in [5.74, 6) is 0.705. The van der Waals surface area contributed by atoms with E-state index in [4.69, 9.17) is 0 Å². The molecule has 2 unspecified atom stereocenters. The van der Waals surface area contributed by atoms with Gasteiger partial charge in [-0.1, -0.05) is 20.8 Å². The van der Waals surface area contributed by atoms with Crippen molar-refractivity contribution < 1.29 is 4.79 Å². The van der Waals surface area contributed by atoms with Crippen LogP contribution >= 0.6 is 0 Å². The number of hydrogen-bond acceptors (Lipinski definition) is 3. The van der Waals surface area contributed by atoms with Gasteiger partial charge in [-0.2, -0.15) is 0 Å². The lowest BCUT2D eigenvalue weighted by molar-refractivity contribution is -0.123. The van der Waals surface area contributed by atoms with Gasteiger partial charge in [0.25, 0.3) is 0 Å². The Balaban J connectivity index is 2.32. The van der Waals surface area contributed by atoms with Gasteiger partial charge < -0.3 is 10.6 Å². The van der Waals surface area contributed by atoms with E-state index in [-0.39, 0.29) is 5.91 Å². The molecule has 0 spiro atoms. The average molecular weight is 227 g/mol. The van der Waals surface area contributed by atoms with Crippen molar-refractivity contribution in [1.29, 1.82) is 0 Å². The van der Waals surface area contributed by atoms with E-state index in [1.54, 1.807) is 0 Å². The summed E-state index contributed by atoms with van der Waals surface area (Å²) < 4.78 is 0. The maximum Gasteiger partial charge on any atom is 0.234 e. The lowest BCUT2D eigenvalue weighted by Crippen LogP contribution is -2.50. The molecule has 16 heavy (non-hydrogen) atoms. The lowest BCUT2D eigenvalue weighted by Gasteiger charge is -2.31. The summed E-state index contributed by atoms with van der Waals surface area (Å²) in [5, 5.41) is 6.49. The van der Waals surface area contributed by atoms with Crippen LogP contribution in [-0.4, -0.2) is 49.6 Å². The summed E-state index contributed by atoms with van der Waals surface area (Å²) in [5.41, 5.74) is 0. The van der Waals surface area contributed by atoms with E-state index in [0.29, 0.717) is 18.5 Å². The molecule has 4 nitrogen and oxygen atoms in total. The van der Waals surface area contributed by atoms with Crippen LogP contribution in [0, 0.1) is 5.92 Å². The summed E-state index contributed by atoms with van der Waals surface area (Å²) in [6.45, 7) is 10.8. The number of nitrogens with zero attached hydrogens (tertiary/aromatic N) is 1. The Morgan fingerprint density at radius 1 is 1.44 bits per heavy atom. The molecule has 1 aliphatic heterocycles. The molecule has 1 heterocycles. The first-order chi connectivity index (χ1) is 7.67. The van der Waals surface area contributed by atoms with Gasteiger partial charge >= 0.3 is 0 Å². The molecule has 0 radical (unpaired) electrons. The number of rotatable bonds is 5. The molecule has 1 rings (SSSR count). The number of likely N-dealkylation sites (N-methyl/N-ethyl adjacent to an activating group) is 1. The molecule has 0 aliphatic carbocycles. The van der Waals surface area contributed by atoms with Crippen molar-refractivity contribution in [3.05, 3.63) is 0 Å². The third-order valence-corrected chi connectivity index (χ3v) is 3.39. The smallest absolute Gasteiger partial charge is 0.234 e. The monoisotopic (exact) mass is 227 g/mol. The highest BCUT2D eigenvalue weighted by Gasteiger charge is 2.22. The van der Waals surface area contributed by atoms with Gasteiger partial charge in [0.15, 0.2) is 0 Å². The van der Waals surface area contributed by atoms with Crippen molar-refractivity contribution >= 4 is 5.91 Å². The molecule has 0 aromatic rings. The molecule has 0 bridgehead atoms. The predicted molar refractivity (Wildman–Crippen MR) is 66.4 cm³/mol. The van der Waals surface area contributed by atoms with E-state index in [0.717, 1.165) is 32.6 Å². The van der Waals surface area contributed by atoms with Gasteiger partial charge in [0.2, 0.25) is 5.91 Å². The van der Waals surface area contributed by atoms with Crippen LogP contribution in [0.1, 0.15) is 27.2 Å². The maximum absolute atomic E-state index is 11.8. The van der Waals surface area contributed by atoms with E-state index in [9.17, 15) is 4.79 Å². The van der Waals surface area contributed by atoms with E-state index < -0.39 is 0 Å². The van der Waals surface area contributed by atoms with Crippen molar-refractivity contribution in [3.63, 3.8) is 0 Å². The van der Waals surface area contributed by atoms with Gasteiger partial charge in [-0.25, -0.2) is 0 Å². The number of amides is 1. The predicted octanol–water partition coefficient (Wildman–Crippen LogP) is 0.442. The molecular weight excluding hydrogens is 202 g/mol. The second-order valence-electron chi connectivity index (χ2n) is 4.61. The van der Waals surface area contributed by atoms with Crippen LogP contribution < -0.4 is 10.6 Å². The van der Waals surface area contributed by atoms with Crippen LogP contribution in [0.15, 0.2) is 0 Å². The SMILES string of the molecule is CCN(CC)CC(=O)NC1CCNCC1C. The van der Waals surface area contributed by atoms with Crippen molar-refractivity contribution in [2.24, 2.45) is 5.92 Å². The highest BCUT2D eigenvalue weighted by Crippen LogP contribution is 2.09. The summed E-state index contributed by atoms with van der Waals surface area (Å²) in [6.07, 6.45) is 1.05. The van der Waals surface area contributed by atoms with Crippen molar-refractivity contribution in [1.82, 2.24) is 15.5 Å². The van der Waals surface area contributed by atoms with E-state index in [1.807, 2.05) is 0 Å². The minimum atomic E-state index is 0.169. The normalized spacial score (nSPS) is 25.8. The summed E-state index contributed by atoms with van der Waals surface area (Å²) in [7, 11) is 0. The van der Waals surface area contributed by atoms with Crippen molar-refractivity contribution in [3.8, 4) is 0 Å². The second kappa shape index (κ2) is 6.86. The average Bonchev–Trinajstić information content (AvgIpc) is 2.29. The fraction of sp³-hybridized carbons (Fsp3) is 0.917. The summed E-state index contributed by atoms with van der Waals surface area (Å²) in [4.78, 5) is 14.0. The zero-order valence-corrected chi connectivity index (χ0v) is 10.8. The van der Waals surface area contributed by atoms with Crippen LogP contribution in [0.2, 0.25) is 0 Å². The Bertz CT molecular complexity index is 216. The zero-order chi connectivity index (χ0) is 12.0. The Morgan fingerprint density at radius 3 is 2.69 bits per heavy atom. The van der Waals surface area contributed by atoms with Crippen molar-refractivity contribution in [2.45, 2.75) is 33.2 Å². The molecule has 0 aromatic heterocycles. The van der Waals surface area contributed by atoms with Crippen molar-refractivity contribution in [2.75, 3.05) is 32.7 Å². The minimum absolute atomic E-state index is 0.169. The molecular formula is C12H25N3O. The van der Waals surface area contributed by atoms with E-state index in [2.05, 4.69) is 36.3 Å². The topological polar surface area (TPSA) is 44.4 Å². The van der Waals surface area contributed by atoms with Gasteiger partial charge in [-0.3, -0.25) is 9.69 Å². The summed E-state index contributed by atoms with van der Waals surface area (Å²) >= 11 is 0. The van der Waals surface area contributed by atoms with Crippen LogP contribution in [-0.2, 0) is 4.79 Å². The van der Waals surface area contributed by atoms with Gasteiger partial charge in [-0.15, -0.1) is 0 Å². The molecule has 94 valence electrons. The fourth-order valence-corrected chi connectivity index (χ4v) is 2.13. The molecule has 1 aliphatic rings. The first-order valence-corrected chi connectivity index (χ1v) is 6.39. The van der Waals surface area contributed by atoms with Crippen LogP contribution in [0.25, 0.3) is 0 Å². The Kier molecular flexibility index (Phi) is 5.77. The molecule has 2 N–H and O–H groups in total. The molecule has 1 saturated heterocycles. The van der Waals surface area contributed by atoms with Gasteiger partial charge in [0.1, 0.15) is 0 Å². The Labute approximate surface area is 98.8 Å². The molecule has 2 atom stereocenters. The highest BCUT2D eigenvalue weighted by atomic mass is 16.2.